The Bertz CT molecular complexity index is 1560. The first-order chi connectivity index (χ1) is 25.6. The molecule has 0 spiro atoms. The number of aliphatic hydroxyl groups is 5. The number of hydrogen-bond donors (Lipinski definition) is 5. The van der Waals surface area contributed by atoms with Gasteiger partial charge >= 0.3 is 23.9 Å². The third-order valence-electron chi connectivity index (χ3n) is 11.1. The molecule has 3 fully saturated rings. The Morgan fingerprint density at radius 2 is 1.69 bits per heavy atom. The molecule has 10 atom stereocenters. The minimum atomic E-state index is -2.39. The fraction of sp³-hybridized carbons (Fsp3) is 0.744. The molecule has 3 saturated heterocycles. The van der Waals surface area contributed by atoms with Crippen molar-refractivity contribution >= 4 is 23.9 Å². The minimum absolute atomic E-state index is 0.00670. The molecule has 4 aliphatic rings. The molecule has 1 unspecified atom stereocenters. The van der Waals surface area contributed by atoms with E-state index in [0.29, 0.717) is 0 Å². The Hall–Kier alpha value is -3.40. The van der Waals surface area contributed by atoms with Crippen LogP contribution in [0, 0.1) is 22.7 Å². The predicted molar refractivity (Wildman–Crippen MR) is 190 cm³/mol. The molecule has 0 saturated carbocycles. The van der Waals surface area contributed by atoms with Crippen LogP contribution in [0.1, 0.15) is 92.9 Å². The smallest absolute Gasteiger partial charge is 0.385 e. The number of carbonyl (C=O) groups is 4. The monoisotopic (exact) mass is 780 g/mol. The summed E-state index contributed by atoms with van der Waals surface area (Å²) >= 11 is 0. The maximum absolute atomic E-state index is 12.9. The van der Waals surface area contributed by atoms with E-state index in [-0.39, 0.29) is 57.1 Å². The van der Waals surface area contributed by atoms with Crippen molar-refractivity contribution in [2.45, 2.75) is 153 Å². The van der Waals surface area contributed by atoms with Crippen LogP contribution < -0.4 is 0 Å². The molecule has 0 aromatic carbocycles. The van der Waals surface area contributed by atoms with Gasteiger partial charge in [0.2, 0.25) is 5.79 Å². The number of ether oxygens (including phenoxy) is 7. The molecule has 4 heterocycles. The molecule has 0 radical (unpaired) electrons. The number of rotatable bonds is 4. The van der Waals surface area contributed by atoms with Gasteiger partial charge in [-0.1, -0.05) is 45.8 Å². The molecule has 16 nitrogen and oxygen atoms in total. The van der Waals surface area contributed by atoms with Crippen LogP contribution in [-0.2, 0) is 52.3 Å². The van der Waals surface area contributed by atoms with Crippen molar-refractivity contribution in [3.8, 4) is 11.8 Å². The van der Waals surface area contributed by atoms with Crippen molar-refractivity contribution in [2.75, 3.05) is 20.3 Å². The van der Waals surface area contributed by atoms with Crippen molar-refractivity contribution in [3.05, 3.63) is 23.8 Å². The number of aliphatic hydroxyl groups excluding tert-OH is 2. The van der Waals surface area contributed by atoms with Gasteiger partial charge in [0.25, 0.3) is 0 Å². The molecule has 16 heteroatoms. The van der Waals surface area contributed by atoms with Crippen LogP contribution >= 0.6 is 0 Å². The molecule has 4 rings (SSSR count). The van der Waals surface area contributed by atoms with Gasteiger partial charge in [-0.3, -0.25) is 9.59 Å². The zero-order valence-electron chi connectivity index (χ0n) is 32.6. The summed E-state index contributed by atoms with van der Waals surface area (Å²) in [5.41, 5.74) is -4.27. The first-order valence-electron chi connectivity index (χ1n) is 18.5. The van der Waals surface area contributed by atoms with E-state index in [1.165, 1.54) is 19.9 Å². The highest BCUT2D eigenvalue weighted by molar-refractivity contribution is 5.89. The molecule has 308 valence electrons. The average molecular weight is 781 g/mol. The van der Waals surface area contributed by atoms with Crippen molar-refractivity contribution < 1.29 is 77.9 Å². The van der Waals surface area contributed by atoms with Gasteiger partial charge in [0, 0.05) is 62.9 Å². The van der Waals surface area contributed by atoms with E-state index in [0.717, 1.165) is 13.2 Å². The molecule has 6 bridgehead atoms. The van der Waals surface area contributed by atoms with E-state index < -0.39 is 108 Å². The minimum Gasteiger partial charge on any atom is -0.466 e. The van der Waals surface area contributed by atoms with Crippen molar-refractivity contribution in [1.82, 2.24) is 0 Å². The predicted octanol–water partition coefficient (Wildman–Crippen LogP) is 1.27. The Balaban J connectivity index is 1.81. The summed E-state index contributed by atoms with van der Waals surface area (Å²) in [5, 5.41) is 57.6. The molecule has 4 aliphatic heterocycles. The zero-order chi connectivity index (χ0) is 41.0. The van der Waals surface area contributed by atoms with E-state index in [1.54, 1.807) is 33.8 Å². The van der Waals surface area contributed by atoms with Gasteiger partial charge in [-0.05, 0) is 18.9 Å². The van der Waals surface area contributed by atoms with E-state index in [9.17, 15) is 44.7 Å². The lowest BCUT2D eigenvalue weighted by Gasteiger charge is -2.54. The first-order valence-corrected chi connectivity index (χ1v) is 18.5. The van der Waals surface area contributed by atoms with Crippen LogP contribution in [0.5, 0.6) is 0 Å². The maximum Gasteiger partial charge on any atom is 0.385 e. The molecule has 0 aromatic heterocycles. The third kappa shape index (κ3) is 10.3. The van der Waals surface area contributed by atoms with Gasteiger partial charge < -0.3 is 58.7 Å². The fourth-order valence-corrected chi connectivity index (χ4v) is 7.79. The van der Waals surface area contributed by atoms with Crippen molar-refractivity contribution in [1.29, 1.82) is 0 Å². The lowest BCUT2D eigenvalue weighted by Crippen LogP contribution is -2.63. The second-order valence-electron chi connectivity index (χ2n) is 16.1. The zero-order valence-corrected chi connectivity index (χ0v) is 32.6. The maximum atomic E-state index is 12.9. The van der Waals surface area contributed by atoms with Crippen molar-refractivity contribution in [3.63, 3.8) is 0 Å². The second kappa shape index (κ2) is 17.4. The van der Waals surface area contributed by atoms with Gasteiger partial charge in [0.05, 0.1) is 68.3 Å². The SMILES string of the molecule is CC#CC(=O)O[C@H]1/C(=C/C(=O)OC)C[C@H]2CCOC(=O)C[C@H](O)CC3C[C@H](OC(C)=O)C(C)(C)[C@](O)(C[C@@H]4C[C@@](O)(CO)C[C@H](/C=C/C(C)(C)[C@]1(O)O2)O4)O3. The summed E-state index contributed by atoms with van der Waals surface area (Å²) in [7, 11) is 1.16. The molecular formula is C39H56O16. The number of esters is 4. The lowest BCUT2D eigenvalue weighted by molar-refractivity contribution is -0.351. The van der Waals surface area contributed by atoms with Gasteiger partial charge in [0.1, 0.15) is 6.10 Å². The Kier molecular flexibility index (Phi) is 14.0. The number of hydrogen-bond acceptors (Lipinski definition) is 16. The summed E-state index contributed by atoms with van der Waals surface area (Å²) in [6.07, 6.45) is -4.26. The molecule has 0 aromatic rings. The largest absolute Gasteiger partial charge is 0.466 e. The van der Waals surface area contributed by atoms with Crippen molar-refractivity contribution in [2.24, 2.45) is 10.8 Å². The Morgan fingerprint density at radius 1 is 0.982 bits per heavy atom. The standard InChI is InChI=1S/C39H56O16/c1-8-9-31(43)53-34-24(15-32(44)49-7)14-26-11-13-50-33(45)17-25(42)16-28-18-30(51-23(2)41)36(5,6)38(47,54-28)21-29-20-37(46,22-40)19-27(52-29)10-12-35(3,4)39(34,48)55-26/h10,12,15,25-30,34,40,42,46-48H,11,13-14,16-22H2,1-7H3/b12-10+,24-15+/t25-,26-,27+,28?,29+,30+,34+,37-,38+,39-/m1/s1. The first kappa shape index (κ1) is 44.3. The van der Waals surface area contributed by atoms with Crippen LogP contribution in [0.2, 0.25) is 0 Å². The molecule has 55 heavy (non-hydrogen) atoms. The van der Waals surface area contributed by atoms with Gasteiger partial charge in [-0.25, -0.2) is 9.59 Å². The van der Waals surface area contributed by atoms with Crippen LogP contribution in [-0.4, -0.2) is 130 Å². The van der Waals surface area contributed by atoms with Crippen LogP contribution in [0.3, 0.4) is 0 Å². The number of methoxy groups -OCH3 is 1. The molecule has 0 amide bonds. The molecular weight excluding hydrogens is 724 g/mol. The topological polar surface area (TPSA) is 234 Å². The average Bonchev–Trinajstić information content (AvgIpc) is 3.07. The van der Waals surface area contributed by atoms with Crippen LogP contribution in [0.15, 0.2) is 23.8 Å². The summed E-state index contributed by atoms with van der Waals surface area (Å²) in [6.45, 7) is 8.24. The van der Waals surface area contributed by atoms with Gasteiger partial charge in [-0.2, -0.15) is 0 Å². The normalized spacial score (nSPS) is 39.2. The summed E-state index contributed by atoms with van der Waals surface area (Å²) < 4.78 is 40.5. The second-order valence-corrected chi connectivity index (χ2v) is 16.1. The molecule has 5 N–H and O–H groups in total. The highest BCUT2D eigenvalue weighted by Gasteiger charge is 2.60. The van der Waals surface area contributed by atoms with Crippen LogP contribution in [0.4, 0.5) is 0 Å². The summed E-state index contributed by atoms with van der Waals surface area (Å²) in [6, 6.07) is 0. The Labute approximate surface area is 321 Å². The highest BCUT2D eigenvalue weighted by Crippen LogP contribution is 2.50. The van der Waals surface area contributed by atoms with E-state index in [4.69, 9.17) is 33.2 Å². The lowest BCUT2D eigenvalue weighted by atomic mass is 9.70. The van der Waals surface area contributed by atoms with E-state index in [2.05, 4.69) is 11.8 Å². The number of cyclic esters (lactones) is 1. The quantitative estimate of drug-likeness (QED) is 0.0675. The van der Waals surface area contributed by atoms with Gasteiger partial charge in [0.15, 0.2) is 11.9 Å². The summed E-state index contributed by atoms with van der Waals surface area (Å²) in [4.78, 5) is 50.4. The summed E-state index contributed by atoms with van der Waals surface area (Å²) in [5.74, 6) is -2.92. The Morgan fingerprint density at radius 3 is 2.33 bits per heavy atom. The third-order valence-corrected chi connectivity index (χ3v) is 11.1. The van der Waals surface area contributed by atoms with E-state index >= 15 is 0 Å². The fourth-order valence-electron chi connectivity index (χ4n) is 7.79. The molecule has 0 aliphatic carbocycles. The van der Waals surface area contributed by atoms with Crippen LogP contribution in [0.25, 0.3) is 0 Å². The van der Waals surface area contributed by atoms with E-state index in [1.807, 2.05) is 0 Å². The van der Waals surface area contributed by atoms with Gasteiger partial charge in [-0.15, -0.1) is 0 Å². The number of fused-ring (bicyclic) bond motifs is 6. The number of carbonyl (C=O) groups excluding carboxylic acids is 4. The highest BCUT2D eigenvalue weighted by atomic mass is 16.7.